The normalized spacial score (nSPS) is 12.0. The highest BCUT2D eigenvalue weighted by molar-refractivity contribution is 7.92. The lowest BCUT2D eigenvalue weighted by atomic mass is 10.1. The van der Waals surface area contributed by atoms with Crippen LogP contribution in [0.3, 0.4) is 0 Å². The predicted octanol–water partition coefficient (Wildman–Crippen LogP) is 6.07. The van der Waals surface area contributed by atoms with Crippen LogP contribution in [0.2, 0.25) is 5.02 Å². The molecule has 170 valence electrons. The maximum atomic E-state index is 13.2. The summed E-state index contributed by atoms with van der Waals surface area (Å²) in [6, 6.07) is 16.5. The van der Waals surface area contributed by atoms with E-state index in [2.05, 4.69) is 14.9 Å². The summed E-state index contributed by atoms with van der Waals surface area (Å²) in [6.45, 7) is 0. The van der Waals surface area contributed by atoms with Crippen LogP contribution >= 0.6 is 23.8 Å². The lowest BCUT2D eigenvalue weighted by Gasteiger charge is -2.12. The van der Waals surface area contributed by atoms with Gasteiger partial charge < -0.3 is 0 Å². The summed E-state index contributed by atoms with van der Waals surface area (Å²) in [4.78, 5) is -0.0699. The molecule has 0 aliphatic heterocycles. The molecule has 4 rings (SSSR count). The van der Waals surface area contributed by atoms with E-state index in [0.29, 0.717) is 16.3 Å². The highest BCUT2D eigenvalue weighted by Gasteiger charge is 2.30. The minimum absolute atomic E-state index is 0.0527. The molecule has 6 nitrogen and oxygen atoms in total. The number of benzene rings is 3. The number of nitrogens with one attached hydrogen (secondary N) is 2. The van der Waals surface area contributed by atoms with Crippen molar-refractivity contribution >= 4 is 39.5 Å². The molecule has 1 heterocycles. The van der Waals surface area contributed by atoms with Crippen LogP contribution < -0.4 is 4.72 Å². The molecule has 0 saturated carbocycles. The lowest BCUT2D eigenvalue weighted by Crippen LogP contribution is -2.13. The zero-order valence-corrected chi connectivity index (χ0v) is 18.9. The van der Waals surface area contributed by atoms with Crippen LogP contribution in [0.1, 0.15) is 5.56 Å². The van der Waals surface area contributed by atoms with Gasteiger partial charge in [-0.25, -0.2) is 8.42 Å². The third-order valence-corrected chi connectivity index (χ3v) is 6.51. The molecule has 0 radical (unpaired) electrons. The highest BCUT2D eigenvalue weighted by atomic mass is 35.5. The number of hydrogen-bond acceptors (Lipinski definition) is 4. The first-order valence-corrected chi connectivity index (χ1v) is 11.6. The minimum Gasteiger partial charge on any atom is -0.280 e. The lowest BCUT2D eigenvalue weighted by molar-refractivity contribution is -0.137. The highest BCUT2D eigenvalue weighted by Crippen LogP contribution is 2.32. The number of sulfonamides is 1. The molecular formula is C21H14ClF3N4O2S2. The first-order chi connectivity index (χ1) is 15.5. The van der Waals surface area contributed by atoms with Gasteiger partial charge in [-0.15, -0.1) is 0 Å². The van der Waals surface area contributed by atoms with Crippen LogP contribution in [-0.2, 0) is 16.2 Å². The van der Waals surface area contributed by atoms with Gasteiger partial charge in [-0.05, 0) is 66.8 Å². The fourth-order valence-corrected chi connectivity index (χ4v) is 4.55. The van der Waals surface area contributed by atoms with E-state index in [1.807, 2.05) is 0 Å². The molecule has 4 aromatic rings. The van der Waals surface area contributed by atoms with Crippen LogP contribution in [-0.4, -0.2) is 23.2 Å². The maximum Gasteiger partial charge on any atom is 0.416 e. The van der Waals surface area contributed by atoms with Crippen molar-refractivity contribution in [1.29, 1.82) is 0 Å². The molecule has 12 heteroatoms. The van der Waals surface area contributed by atoms with Crippen molar-refractivity contribution in [2.45, 2.75) is 11.1 Å². The Kier molecular flexibility index (Phi) is 6.04. The molecule has 1 aromatic heterocycles. The number of aromatic nitrogens is 3. The van der Waals surface area contributed by atoms with E-state index in [1.165, 1.54) is 47.0 Å². The Morgan fingerprint density at radius 3 is 2.39 bits per heavy atom. The second kappa shape index (κ2) is 8.65. The summed E-state index contributed by atoms with van der Waals surface area (Å²) in [5.74, 6) is 0.155. The molecule has 0 spiro atoms. The standard InChI is InChI=1S/C21H14ClF3N4O2S2/c22-15-7-9-16(10-8-15)28-33(30,31)18-6-1-3-13(11-18)19-26-27-20(32)29(19)17-5-2-4-14(12-17)21(23,24)25/h1-12,28H,(H,27,32). The molecule has 0 atom stereocenters. The van der Waals surface area contributed by atoms with Gasteiger partial charge in [0.15, 0.2) is 10.6 Å². The molecule has 0 aliphatic rings. The van der Waals surface area contributed by atoms with E-state index in [-0.39, 0.29) is 21.2 Å². The quantitative estimate of drug-likeness (QED) is 0.319. The van der Waals surface area contributed by atoms with Crippen LogP contribution in [0.25, 0.3) is 17.1 Å². The van der Waals surface area contributed by atoms with Gasteiger partial charge in [0.05, 0.1) is 16.1 Å². The molecule has 0 unspecified atom stereocenters. The summed E-state index contributed by atoms with van der Waals surface area (Å²) in [7, 11) is -3.97. The molecule has 0 saturated heterocycles. The van der Waals surface area contributed by atoms with Gasteiger partial charge >= 0.3 is 6.18 Å². The molecule has 0 bridgehead atoms. The summed E-state index contributed by atoms with van der Waals surface area (Å²) in [5, 5.41) is 7.11. The van der Waals surface area contributed by atoms with Crippen LogP contribution in [0.4, 0.5) is 18.9 Å². The number of halogens is 4. The van der Waals surface area contributed by atoms with Crippen LogP contribution in [0.15, 0.2) is 77.7 Å². The van der Waals surface area contributed by atoms with Gasteiger partial charge in [-0.1, -0.05) is 29.8 Å². The van der Waals surface area contributed by atoms with Gasteiger partial charge in [0, 0.05) is 16.3 Å². The third kappa shape index (κ3) is 4.95. The Bertz CT molecular complexity index is 1480. The van der Waals surface area contributed by atoms with Crippen LogP contribution in [0, 0.1) is 4.77 Å². The zero-order valence-electron chi connectivity index (χ0n) is 16.5. The van der Waals surface area contributed by atoms with Crippen molar-refractivity contribution in [3.8, 4) is 17.1 Å². The number of aromatic amines is 1. The van der Waals surface area contributed by atoms with Crippen LogP contribution in [0.5, 0.6) is 0 Å². The largest absolute Gasteiger partial charge is 0.416 e. The van der Waals surface area contributed by atoms with E-state index < -0.39 is 21.8 Å². The van der Waals surface area contributed by atoms with Crippen molar-refractivity contribution in [1.82, 2.24) is 14.8 Å². The van der Waals surface area contributed by atoms with E-state index in [0.717, 1.165) is 12.1 Å². The Balaban J connectivity index is 1.75. The Morgan fingerprint density at radius 2 is 1.70 bits per heavy atom. The van der Waals surface area contributed by atoms with Crippen molar-refractivity contribution in [2.24, 2.45) is 0 Å². The second-order valence-corrected chi connectivity index (χ2v) is 9.38. The van der Waals surface area contributed by atoms with Gasteiger partial charge in [0.2, 0.25) is 0 Å². The van der Waals surface area contributed by atoms with Gasteiger partial charge in [0.25, 0.3) is 10.0 Å². The average Bonchev–Trinajstić information content (AvgIpc) is 3.16. The minimum atomic E-state index is -4.54. The first-order valence-electron chi connectivity index (χ1n) is 9.28. The van der Waals surface area contributed by atoms with E-state index in [4.69, 9.17) is 23.8 Å². The average molecular weight is 511 g/mol. The summed E-state index contributed by atoms with van der Waals surface area (Å²) in [5.41, 5.74) is -0.0705. The zero-order chi connectivity index (χ0) is 23.8. The fourth-order valence-electron chi connectivity index (χ4n) is 3.09. The summed E-state index contributed by atoms with van der Waals surface area (Å²) >= 11 is 11.0. The molecule has 0 fully saturated rings. The van der Waals surface area contributed by atoms with E-state index in [1.54, 1.807) is 18.2 Å². The Morgan fingerprint density at radius 1 is 1.00 bits per heavy atom. The number of rotatable bonds is 5. The van der Waals surface area contributed by atoms with E-state index in [9.17, 15) is 21.6 Å². The Labute approximate surface area is 196 Å². The maximum absolute atomic E-state index is 13.2. The molecule has 0 aliphatic carbocycles. The van der Waals surface area contributed by atoms with Crippen molar-refractivity contribution < 1.29 is 21.6 Å². The molecule has 3 aromatic carbocycles. The smallest absolute Gasteiger partial charge is 0.280 e. The monoisotopic (exact) mass is 510 g/mol. The van der Waals surface area contributed by atoms with Gasteiger partial charge in [0.1, 0.15) is 0 Å². The first kappa shape index (κ1) is 23.0. The number of anilines is 1. The number of H-pyrrole nitrogens is 1. The topological polar surface area (TPSA) is 79.8 Å². The number of hydrogen-bond donors (Lipinski definition) is 2. The van der Waals surface area contributed by atoms with E-state index >= 15 is 0 Å². The van der Waals surface area contributed by atoms with Crippen molar-refractivity contribution in [2.75, 3.05) is 4.72 Å². The number of alkyl halides is 3. The van der Waals surface area contributed by atoms with Crippen molar-refractivity contribution in [3.63, 3.8) is 0 Å². The second-order valence-electron chi connectivity index (χ2n) is 6.88. The molecular weight excluding hydrogens is 497 g/mol. The van der Waals surface area contributed by atoms with Gasteiger partial charge in [-0.3, -0.25) is 14.4 Å². The SMILES string of the molecule is O=S(=O)(Nc1ccc(Cl)cc1)c1cccc(-c2n[nH]c(=S)n2-c2cccc(C(F)(F)F)c2)c1. The Hall–Kier alpha value is -3.15. The summed E-state index contributed by atoms with van der Waals surface area (Å²) in [6.07, 6.45) is -4.54. The third-order valence-electron chi connectivity index (χ3n) is 4.60. The van der Waals surface area contributed by atoms with Crippen molar-refractivity contribution in [3.05, 3.63) is 88.2 Å². The van der Waals surface area contributed by atoms with Gasteiger partial charge in [-0.2, -0.15) is 18.3 Å². The molecule has 2 N–H and O–H groups in total. The fraction of sp³-hybridized carbons (Fsp3) is 0.0476. The molecule has 0 amide bonds. The summed E-state index contributed by atoms with van der Waals surface area (Å²) < 4.78 is 69.1. The predicted molar refractivity (Wildman–Crippen MR) is 121 cm³/mol. The number of nitrogens with zero attached hydrogens (tertiary/aromatic N) is 2. The molecule has 33 heavy (non-hydrogen) atoms.